The highest BCUT2D eigenvalue weighted by atomic mass is 79.9. The topological polar surface area (TPSA) is 45.7 Å². The maximum atomic E-state index is 13.4. The number of hydrogen-bond acceptors (Lipinski definition) is 5. The van der Waals surface area contributed by atoms with Crippen molar-refractivity contribution < 1.29 is 9.53 Å². The van der Waals surface area contributed by atoms with Crippen molar-refractivity contribution in [3.8, 4) is 0 Å². The zero-order valence-electron chi connectivity index (χ0n) is 15.8. The number of ether oxygens (including phenoxy) is 1. The van der Waals surface area contributed by atoms with Gasteiger partial charge in [0.25, 0.3) is 5.91 Å². The van der Waals surface area contributed by atoms with Gasteiger partial charge in [0.1, 0.15) is 0 Å². The summed E-state index contributed by atoms with van der Waals surface area (Å²) in [5, 5.41) is 0.737. The summed E-state index contributed by atoms with van der Waals surface area (Å²) in [5.41, 5.74) is 1.56. The van der Waals surface area contributed by atoms with Gasteiger partial charge in [0, 0.05) is 35.1 Å². The number of amides is 1. The average molecular weight is 539 g/mol. The van der Waals surface area contributed by atoms with Gasteiger partial charge in [-0.2, -0.15) is 0 Å². The van der Waals surface area contributed by atoms with E-state index >= 15 is 0 Å². The van der Waals surface area contributed by atoms with Crippen LogP contribution in [0.3, 0.4) is 0 Å². The maximum absolute atomic E-state index is 13.4. The molecule has 0 N–H and O–H groups in total. The van der Waals surface area contributed by atoms with E-state index in [2.05, 4.69) is 36.8 Å². The molecule has 0 aliphatic carbocycles. The van der Waals surface area contributed by atoms with E-state index in [4.69, 9.17) is 9.72 Å². The van der Waals surface area contributed by atoms with Crippen LogP contribution >= 0.6 is 43.2 Å². The Bertz CT molecular complexity index is 1000. The van der Waals surface area contributed by atoms with Crippen molar-refractivity contribution in [3.63, 3.8) is 0 Å². The molecule has 2 heterocycles. The minimum Gasteiger partial charge on any atom is -0.379 e. The molecule has 3 aromatic rings. The van der Waals surface area contributed by atoms with Crippen LogP contribution in [-0.2, 0) is 4.74 Å². The number of carbonyl (C=O) groups excluding carboxylic acids is 1. The average Bonchev–Trinajstić information content (AvgIpc) is 3.14. The van der Waals surface area contributed by atoms with Crippen LogP contribution in [-0.4, -0.2) is 55.2 Å². The van der Waals surface area contributed by atoms with Crippen molar-refractivity contribution in [2.24, 2.45) is 0 Å². The Balaban J connectivity index is 1.58. The van der Waals surface area contributed by atoms with Crippen molar-refractivity contribution in [3.05, 3.63) is 57.0 Å². The lowest BCUT2D eigenvalue weighted by Crippen LogP contribution is -2.39. The summed E-state index contributed by atoms with van der Waals surface area (Å²) in [6.45, 7) is 5.04. The van der Waals surface area contributed by atoms with Gasteiger partial charge in [-0.25, -0.2) is 4.98 Å². The molecule has 29 heavy (non-hydrogen) atoms. The summed E-state index contributed by atoms with van der Waals surface area (Å²) in [4.78, 5) is 22.4. The lowest BCUT2D eigenvalue weighted by Gasteiger charge is -2.27. The number of morpholine rings is 1. The van der Waals surface area contributed by atoms with E-state index in [0.717, 1.165) is 63.6 Å². The molecule has 2 aromatic carbocycles. The van der Waals surface area contributed by atoms with Crippen LogP contribution < -0.4 is 4.90 Å². The number of halogens is 2. The first-order valence-electron chi connectivity index (χ1n) is 9.54. The first-order chi connectivity index (χ1) is 14.1. The van der Waals surface area contributed by atoms with Crippen LogP contribution in [0.15, 0.2) is 51.4 Å². The second-order valence-electron chi connectivity index (χ2n) is 6.85. The Labute approximate surface area is 190 Å². The highest BCUT2D eigenvalue weighted by molar-refractivity contribution is 9.10. The normalized spacial score (nSPS) is 15.0. The molecule has 0 spiro atoms. The second-order valence-corrected chi connectivity index (χ2v) is 9.63. The number of rotatable bonds is 6. The number of nitrogens with zero attached hydrogens (tertiary/aromatic N) is 3. The SMILES string of the molecule is O=C(c1ccccc1Br)N(CCCN1CCOCC1)c1nc2ccc(Br)cc2s1. The number of benzene rings is 2. The molecular formula is C21H21Br2N3O2S. The molecule has 4 rings (SSSR count). The molecule has 1 fully saturated rings. The van der Waals surface area contributed by atoms with Crippen LogP contribution in [0.5, 0.6) is 0 Å². The summed E-state index contributed by atoms with van der Waals surface area (Å²) < 4.78 is 8.30. The summed E-state index contributed by atoms with van der Waals surface area (Å²) in [6, 6.07) is 13.6. The van der Waals surface area contributed by atoms with Gasteiger partial charge in [0.05, 0.1) is 29.0 Å². The predicted molar refractivity (Wildman–Crippen MR) is 125 cm³/mol. The molecule has 5 nitrogen and oxygen atoms in total. The third-order valence-corrected chi connectivity index (χ3v) is 7.11. The Morgan fingerprint density at radius 3 is 2.76 bits per heavy atom. The Hall–Kier alpha value is -1.32. The third kappa shape index (κ3) is 5.06. The fourth-order valence-corrected chi connectivity index (χ4v) is 5.34. The van der Waals surface area contributed by atoms with Gasteiger partial charge in [-0.3, -0.25) is 14.6 Å². The highest BCUT2D eigenvalue weighted by Gasteiger charge is 2.23. The largest absolute Gasteiger partial charge is 0.379 e. The Morgan fingerprint density at radius 1 is 1.17 bits per heavy atom. The van der Waals surface area contributed by atoms with Crippen LogP contribution in [0.25, 0.3) is 10.2 Å². The number of aromatic nitrogens is 1. The summed E-state index contributed by atoms with van der Waals surface area (Å²) in [6.07, 6.45) is 0.885. The van der Waals surface area contributed by atoms with Crippen LogP contribution in [0.4, 0.5) is 5.13 Å². The van der Waals surface area contributed by atoms with Gasteiger partial charge in [-0.05, 0) is 52.7 Å². The lowest BCUT2D eigenvalue weighted by atomic mass is 10.2. The quantitative estimate of drug-likeness (QED) is 0.433. The van der Waals surface area contributed by atoms with E-state index in [1.165, 1.54) is 0 Å². The fraction of sp³-hybridized carbons (Fsp3) is 0.333. The van der Waals surface area contributed by atoms with Crippen LogP contribution in [0.1, 0.15) is 16.8 Å². The molecule has 1 aliphatic heterocycles. The molecular weight excluding hydrogens is 518 g/mol. The minimum atomic E-state index is -0.0300. The molecule has 0 atom stereocenters. The summed E-state index contributed by atoms with van der Waals surface area (Å²) in [7, 11) is 0. The van der Waals surface area contributed by atoms with E-state index < -0.39 is 0 Å². The highest BCUT2D eigenvalue weighted by Crippen LogP contribution is 2.32. The van der Waals surface area contributed by atoms with Gasteiger partial charge in [0.15, 0.2) is 5.13 Å². The molecule has 152 valence electrons. The van der Waals surface area contributed by atoms with Gasteiger partial charge in [-0.1, -0.05) is 39.4 Å². The molecule has 1 amide bonds. The third-order valence-electron chi connectivity index (χ3n) is 4.88. The molecule has 0 bridgehead atoms. The molecule has 8 heteroatoms. The zero-order chi connectivity index (χ0) is 20.2. The van der Waals surface area contributed by atoms with Gasteiger partial charge in [0.2, 0.25) is 0 Å². The summed E-state index contributed by atoms with van der Waals surface area (Å²) >= 11 is 8.59. The van der Waals surface area contributed by atoms with Gasteiger partial charge < -0.3 is 4.74 Å². The Morgan fingerprint density at radius 2 is 1.97 bits per heavy atom. The van der Waals surface area contributed by atoms with Crippen molar-refractivity contribution in [1.82, 2.24) is 9.88 Å². The van der Waals surface area contributed by atoms with Gasteiger partial charge in [-0.15, -0.1) is 0 Å². The van der Waals surface area contributed by atoms with Crippen molar-refractivity contribution in [1.29, 1.82) is 0 Å². The minimum absolute atomic E-state index is 0.0300. The van der Waals surface area contributed by atoms with E-state index in [-0.39, 0.29) is 5.91 Å². The monoisotopic (exact) mass is 537 g/mol. The predicted octanol–water partition coefficient (Wildman–Crippen LogP) is 5.19. The lowest BCUT2D eigenvalue weighted by molar-refractivity contribution is 0.0376. The summed E-state index contributed by atoms with van der Waals surface area (Å²) in [5.74, 6) is -0.0300. The number of anilines is 1. The van der Waals surface area contributed by atoms with E-state index in [9.17, 15) is 4.79 Å². The van der Waals surface area contributed by atoms with Crippen LogP contribution in [0.2, 0.25) is 0 Å². The molecule has 0 unspecified atom stereocenters. The molecule has 0 saturated carbocycles. The number of carbonyl (C=O) groups is 1. The maximum Gasteiger partial charge on any atom is 0.261 e. The first kappa shape index (κ1) is 20.9. The van der Waals surface area contributed by atoms with Crippen molar-refractivity contribution >= 4 is 64.5 Å². The van der Waals surface area contributed by atoms with Gasteiger partial charge >= 0.3 is 0 Å². The second kappa shape index (κ2) is 9.66. The number of thiazole rings is 1. The van der Waals surface area contributed by atoms with Crippen molar-refractivity contribution in [2.45, 2.75) is 6.42 Å². The number of hydrogen-bond donors (Lipinski definition) is 0. The van der Waals surface area contributed by atoms with E-state index in [1.54, 1.807) is 11.3 Å². The molecule has 1 aliphatic rings. The van der Waals surface area contributed by atoms with E-state index in [0.29, 0.717) is 12.1 Å². The fourth-order valence-electron chi connectivity index (χ4n) is 3.34. The molecule has 1 aromatic heterocycles. The van der Waals surface area contributed by atoms with Crippen LogP contribution in [0, 0.1) is 0 Å². The molecule has 1 saturated heterocycles. The molecule has 0 radical (unpaired) electrons. The smallest absolute Gasteiger partial charge is 0.261 e. The Kier molecular flexibility index (Phi) is 6.97. The van der Waals surface area contributed by atoms with E-state index in [1.807, 2.05) is 47.4 Å². The first-order valence-corrected chi connectivity index (χ1v) is 11.9. The standard InChI is InChI=1S/C21H21Br2N3O2S/c22-15-6-7-18-19(14-15)29-21(24-18)26(9-3-8-25-10-12-28-13-11-25)20(27)16-4-1-2-5-17(16)23/h1-2,4-7,14H,3,8-13H2. The van der Waals surface area contributed by atoms with Crippen molar-refractivity contribution in [2.75, 3.05) is 44.3 Å². The number of fused-ring (bicyclic) bond motifs is 1. The zero-order valence-corrected chi connectivity index (χ0v) is 19.8.